The van der Waals surface area contributed by atoms with Crippen LogP contribution in [0.4, 0.5) is 5.69 Å². The summed E-state index contributed by atoms with van der Waals surface area (Å²) < 4.78 is 10.4. The highest BCUT2D eigenvalue weighted by Gasteiger charge is 2.04. The first-order chi connectivity index (χ1) is 11.0. The van der Waals surface area contributed by atoms with Gasteiger partial charge in [-0.05, 0) is 48.4 Å². The molecule has 0 bridgehead atoms. The Morgan fingerprint density at radius 2 is 1.74 bits per heavy atom. The second-order valence-electron chi connectivity index (χ2n) is 4.93. The number of carbonyl (C=O) groups excluding carboxylic acids is 1. The maximum Gasteiger partial charge on any atom is 0.248 e. The molecular formula is C18H18ClNO3. The summed E-state index contributed by atoms with van der Waals surface area (Å²) in [7, 11) is 3.16. The third-order valence-electron chi connectivity index (χ3n) is 3.26. The molecule has 0 atom stereocenters. The normalized spacial score (nSPS) is 10.6. The lowest BCUT2D eigenvalue weighted by Crippen LogP contribution is -2.08. The molecule has 2 rings (SSSR count). The Hall–Kier alpha value is -2.46. The maximum atomic E-state index is 12.1. The Balaban J connectivity index is 2.13. The first-order valence-corrected chi connectivity index (χ1v) is 7.38. The summed E-state index contributed by atoms with van der Waals surface area (Å²) in [5.41, 5.74) is 2.44. The molecule has 0 saturated heterocycles. The average molecular weight is 332 g/mol. The maximum absolute atomic E-state index is 12.1. The van der Waals surface area contributed by atoms with Crippen LogP contribution in [0.1, 0.15) is 11.1 Å². The topological polar surface area (TPSA) is 47.6 Å². The van der Waals surface area contributed by atoms with Gasteiger partial charge in [0.05, 0.1) is 14.2 Å². The lowest BCUT2D eigenvalue weighted by Gasteiger charge is -2.07. The lowest BCUT2D eigenvalue weighted by molar-refractivity contribution is -0.111. The van der Waals surface area contributed by atoms with Gasteiger partial charge in [-0.1, -0.05) is 17.7 Å². The number of nitrogens with one attached hydrogen (secondary N) is 1. The molecule has 5 heteroatoms. The zero-order valence-electron chi connectivity index (χ0n) is 13.2. The van der Waals surface area contributed by atoms with Gasteiger partial charge in [0.15, 0.2) is 0 Å². The minimum absolute atomic E-state index is 0.239. The number of benzene rings is 2. The van der Waals surface area contributed by atoms with Gasteiger partial charge in [-0.25, -0.2) is 0 Å². The highest BCUT2D eigenvalue weighted by molar-refractivity contribution is 6.31. The zero-order chi connectivity index (χ0) is 16.8. The van der Waals surface area contributed by atoms with Gasteiger partial charge in [0.25, 0.3) is 0 Å². The first kappa shape index (κ1) is 16.9. The number of amides is 1. The van der Waals surface area contributed by atoms with E-state index in [1.807, 2.05) is 25.1 Å². The lowest BCUT2D eigenvalue weighted by atomic mass is 10.1. The molecule has 0 heterocycles. The number of ether oxygens (including phenoxy) is 2. The number of hydrogen-bond donors (Lipinski definition) is 1. The van der Waals surface area contributed by atoms with Crippen molar-refractivity contribution in [1.29, 1.82) is 0 Å². The summed E-state index contributed by atoms with van der Waals surface area (Å²) in [5.74, 6) is 1.09. The monoisotopic (exact) mass is 331 g/mol. The molecule has 0 aliphatic heterocycles. The van der Waals surface area contributed by atoms with Gasteiger partial charge < -0.3 is 14.8 Å². The van der Waals surface area contributed by atoms with E-state index in [-0.39, 0.29) is 5.91 Å². The molecule has 1 N–H and O–H groups in total. The van der Waals surface area contributed by atoms with Gasteiger partial charge in [0.1, 0.15) is 11.5 Å². The van der Waals surface area contributed by atoms with E-state index in [1.54, 1.807) is 38.5 Å². The largest absolute Gasteiger partial charge is 0.497 e. The predicted octanol–water partition coefficient (Wildman–Crippen LogP) is 4.32. The number of methoxy groups -OCH3 is 2. The molecule has 120 valence electrons. The third-order valence-corrected chi connectivity index (χ3v) is 3.49. The van der Waals surface area contributed by atoms with Crippen LogP contribution in [0.25, 0.3) is 6.08 Å². The van der Waals surface area contributed by atoms with Crippen LogP contribution in [0.3, 0.4) is 0 Å². The van der Waals surface area contributed by atoms with E-state index in [4.69, 9.17) is 21.1 Å². The highest BCUT2D eigenvalue weighted by atomic mass is 35.5. The van der Waals surface area contributed by atoms with E-state index in [0.717, 1.165) is 11.1 Å². The van der Waals surface area contributed by atoms with Crippen LogP contribution in [0.5, 0.6) is 11.5 Å². The quantitative estimate of drug-likeness (QED) is 0.830. The van der Waals surface area contributed by atoms with Gasteiger partial charge in [0.2, 0.25) is 5.91 Å². The van der Waals surface area contributed by atoms with Crippen LogP contribution >= 0.6 is 11.6 Å². The number of carbonyl (C=O) groups is 1. The Morgan fingerprint density at radius 1 is 1.09 bits per heavy atom. The molecule has 0 unspecified atom stereocenters. The van der Waals surface area contributed by atoms with Crippen molar-refractivity contribution in [2.45, 2.75) is 6.92 Å². The minimum atomic E-state index is -0.239. The molecule has 1 amide bonds. The molecule has 0 aliphatic carbocycles. The fraction of sp³-hybridized carbons (Fsp3) is 0.167. The van der Waals surface area contributed by atoms with Crippen molar-refractivity contribution in [3.8, 4) is 11.5 Å². The van der Waals surface area contributed by atoms with Crippen LogP contribution in [-0.4, -0.2) is 20.1 Å². The van der Waals surface area contributed by atoms with Crippen molar-refractivity contribution in [2.24, 2.45) is 0 Å². The molecule has 0 aromatic heterocycles. The van der Waals surface area contributed by atoms with Gasteiger partial charge in [0, 0.05) is 22.9 Å². The van der Waals surface area contributed by atoms with Crippen LogP contribution in [0, 0.1) is 6.92 Å². The third kappa shape index (κ3) is 4.76. The summed E-state index contributed by atoms with van der Waals surface area (Å²) in [6.45, 7) is 1.91. The van der Waals surface area contributed by atoms with Crippen molar-refractivity contribution < 1.29 is 14.3 Å². The van der Waals surface area contributed by atoms with Gasteiger partial charge in [-0.2, -0.15) is 0 Å². The molecule has 0 fully saturated rings. The summed E-state index contributed by atoms with van der Waals surface area (Å²) in [6, 6.07) is 10.8. The Morgan fingerprint density at radius 3 is 2.35 bits per heavy atom. The van der Waals surface area contributed by atoms with Gasteiger partial charge in [-0.15, -0.1) is 0 Å². The molecule has 2 aromatic carbocycles. The van der Waals surface area contributed by atoms with Crippen molar-refractivity contribution in [2.75, 3.05) is 19.5 Å². The standard InChI is InChI=1S/C18H18ClNO3/c1-12-4-6-14(19)10-17(12)20-18(21)7-5-13-8-15(22-2)11-16(9-13)23-3/h4-11H,1-3H3,(H,20,21)/b7-5+. The zero-order valence-corrected chi connectivity index (χ0v) is 14.0. The molecule has 0 aliphatic rings. The fourth-order valence-corrected chi connectivity index (χ4v) is 2.17. The van der Waals surface area contributed by atoms with E-state index < -0.39 is 0 Å². The Labute approximate surface area is 140 Å². The minimum Gasteiger partial charge on any atom is -0.497 e. The van der Waals surface area contributed by atoms with Crippen LogP contribution in [0.2, 0.25) is 5.02 Å². The molecule has 0 saturated carbocycles. The van der Waals surface area contributed by atoms with Crippen LogP contribution in [0.15, 0.2) is 42.5 Å². The molecule has 0 spiro atoms. The molecule has 4 nitrogen and oxygen atoms in total. The molecule has 0 radical (unpaired) electrons. The Bertz CT molecular complexity index is 719. The summed E-state index contributed by atoms with van der Waals surface area (Å²) in [4.78, 5) is 12.1. The second-order valence-corrected chi connectivity index (χ2v) is 5.36. The molecule has 23 heavy (non-hydrogen) atoms. The SMILES string of the molecule is COc1cc(/C=C/C(=O)Nc2cc(Cl)ccc2C)cc(OC)c1. The predicted molar refractivity (Wildman–Crippen MR) is 93.4 cm³/mol. The van der Waals surface area contributed by atoms with Crippen molar-refractivity contribution in [3.05, 3.63) is 58.6 Å². The van der Waals surface area contributed by atoms with E-state index >= 15 is 0 Å². The number of halogens is 1. The Kier molecular flexibility index (Phi) is 5.66. The molecular weight excluding hydrogens is 314 g/mol. The second kappa shape index (κ2) is 7.70. The average Bonchev–Trinajstić information content (AvgIpc) is 2.56. The van der Waals surface area contributed by atoms with Gasteiger partial charge >= 0.3 is 0 Å². The summed E-state index contributed by atoms with van der Waals surface area (Å²) in [6.07, 6.45) is 3.15. The van der Waals surface area contributed by atoms with Crippen molar-refractivity contribution in [3.63, 3.8) is 0 Å². The summed E-state index contributed by atoms with van der Waals surface area (Å²) in [5, 5.41) is 3.38. The number of anilines is 1. The van der Waals surface area contributed by atoms with E-state index in [9.17, 15) is 4.79 Å². The van der Waals surface area contributed by atoms with E-state index in [1.165, 1.54) is 6.08 Å². The number of rotatable bonds is 5. The smallest absolute Gasteiger partial charge is 0.248 e. The van der Waals surface area contributed by atoms with Crippen LogP contribution in [-0.2, 0) is 4.79 Å². The first-order valence-electron chi connectivity index (χ1n) is 7.00. The summed E-state index contributed by atoms with van der Waals surface area (Å²) >= 11 is 5.94. The van der Waals surface area contributed by atoms with Crippen LogP contribution < -0.4 is 14.8 Å². The molecule has 2 aromatic rings. The highest BCUT2D eigenvalue weighted by Crippen LogP contribution is 2.23. The van der Waals surface area contributed by atoms with E-state index in [2.05, 4.69) is 5.32 Å². The van der Waals surface area contributed by atoms with E-state index in [0.29, 0.717) is 22.2 Å². The fourth-order valence-electron chi connectivity index (χ4n) is 2.00. The van der Waals surface area contributed by atoms with Crippen molar-refractivity contribution in [1.82, 2.24) is 0 Å². The van der Waals surface area contributed by atoms with Gasteiger partial charge in [-0.3, -0.25) is 4.79 Å². The van der Waals surface area contributed by atoms with Crippen molar-refractivity contribution >= 4 is 29.3 Å². The number of aryl methyl sites for hydroxylation is 1. The number of hydrogen-bond acceptors (Lipinski definition) is 3.